The first-order chi connectivity index (χ1) is 15.0. The number of thioether (sulfide) groups is 1. The molecule has 0 aliphatic rings. The van der Waals surface area contributed by atoms with Crippen LogP contribution in [0.2, 0.25) is 0 Å². The first kappa shape index (κ1) is 20.7. The molecule has 0 spiro atoms. The van der Waals surface area contributed by atoms with Crippen molar-refractivity contribution in [2.24, 2.45) is 0 Å². The van der Waals surface area contributed by atoms with E-state index >= 15 is 0 Å². The largest absolute Gasteiger partial charge is 0.497 e. The predicted octanol–water partition coefficient (Wildman–Crippen LogP) is 5.36. The van der Waals surface area contributed by atoms with Crippen LogP contribution in [0, 0.1) is 10.1 Å². The zero-order valence-corrected chi connectivity index (χ0v) is 17.8. The molecule has 0 aliphatic heterocycles. The summed E-state index contributed by atoms with van der Waals surface area (Å²) in [7, 11) is 1.62. The maximum absolute atomic E-state index is 11.1. The Morgan fingerprint density at radius 2 is 2.00 bits per heavy atom. The van der Waals surface area contributed by atoms with Crippen LogP contribution in [0.3, 0.4) is 0 Å². The molecule has 2 heterocycles. The molecule has 0 fully saturated rings. The molecule has 0 amide bonds. The Morgan fingerprint density at radius 1 is 1.16 bits per heavy atom. The van der Waals surface area contributed by atoms with Gasteiger partial charge in [0.2, 0.25) is 0 Å². The van der Waals surface area contributed by atoms with Gasteiger partial charge >= 0.3 is 0 Å². The van der Waals surface area contributed by atoms with Gasteiger partial charge in [0.05, 0.1) is 24.8 Å². The summed E-state index contributed by atoms with van der Waals surface area (Å²) in [5, 5.41) is 20.6. The molecule has 0 bridgehead atoms. The molecule has 1 unspecified atom stereocenters. The van der Waals surface area contributed by atoms with E-state index in [1.165, 1.54) is 17.8 Å². The number of hydrogen-bond donors (Lipinski definition) is 0. The van der Waals surface area contributed by atoms with Crippen LogP contribution < -0.4 is 4.74 Å². The summed E-state index contributed by atoms with van der Waals surface area (Å²) in [5.74, 6) is 2.18. The number of hydrogen-bond acceptors (Lipinski definition) is 7. The first-order valence-corrected chi connectivity index (χ1v) is 10.4. The van der Waals surface area contributed by atoms with E-state index in [0.717, 1.165) is 22.6 Å². The molecule has 0 N–H and O–H groups in total. The highest BCUT2D eigenvalue weighted by Gasteiger charge is 2.20. The van der Waals surface area contributed by atoms with Crippen molar-refractivity contribution in [3.8, 4) is 17.1 Å². The van der Waals surface area contributed by atoms with Gasteiger partial charge in [-0.15, -0.1) is 10.2 Å². The molecule has 0 saturated heterocycles. The number of nitrogens with zero attached hydrogens (tertiary/aromatic N) is 4. The van der Waals surface area contributed by atoms with Crippen molar-refractivity contribution >= 4 is 17.4 Å². The number of ether oxygens (including phenoxy) is 1. The molecule has 31 heavy (non-hydrogen) atoms. The average molecular weight is 436 g/mol. The molecule has 2 aromatic heterocycles. The van der Waals surface area contributed by atoms with Gasteiger partial charge < -0.3 is 9.15 Å². The van der Waals surface area contributed by atoms with Crippen molar-refractivity contribution in [3.63, 3.8) is 0 Å². The van der Waals surface area contributed by atoms with Crippen LogP contribution >= 0.6 is 11.8 Å². The molecule has 0 aliphatic carbocycles. The minimum Gasteiger partial charge on any atom is -0.497 e. The van der Waals surface area contributed by atoms with Gasteiger partial charge in [-0.25, -0.2) is 0 Å². The van der Waals surface area contributed by atoms with Crippen LogP contribution in [0.5, 0.6) is 5.75 Å². The van der Waals surface area contributed by atoms with Gasteiger partial charge in [0.1, 0.15) is 11.5 Å². The van der Waals surface area contributed by atoms with Gasteiger partial charge in [-0.3, -0.25) is 14.7 Å². The van der Waals surface area contributed by atoms with Gasteiger partial charge in [-0.1, -0.05) is 36.0 Å². The van der Waals surface area contributed by atoms with Crippen LogP contribution in [-0.4, -0.2) is 26.8 Å². The molecule has 4 rings (SSSR count). The van der Waals surface area contributed by atoms with E-state index in [1.807, 2.05) is 54.0 Å². The number of furan rings is 1. The van der Waals surface area contributed by atoms with Gasteiger partial charge in [-0.2, -0.15) is 0 Å². The van der Waals surface area contributed by atoms with Gasteiger partial charge in [0.15, 0.2) is 11.0 Å². The quantitative estimate of drug-likeness (QED) is 0.208. The Labute approximate surface area is 183 Å². The van der Waals surface area contributed by atoms with E-state index in [9.17, 15) is 10.1 Å². The Bertz CT molecular complexity index is 1190. The number of nitro groups is 1. The van der Waals surface area contributed by atoms with Crippen LogP contribution in [-0.2, 0) is 6.54 Å². The van der Waals surface area contributed by atoms with Crippen LogP contribution in [0.25, 0.3) is 11.4 Å². The van der Waals surface area contributed by atoms with E-state index in [1.54, 1.807) is 25.5 Å². The third-order valence-corrected chi connectivity index (χ3v) is 5.91. The molecule has 8 nitrogen and oxygen atoms in total. The Kier molecular flexibility index (Phi) is 6.03. The fraction of sp³-hybridized carbons (Fsp3) is 0.182. The third kappa shape index (κ3) is 4.61. The lowest BCUT2D eigenvalue weighted by Crippen LogP contribution is -2.04. The molecule has 1 atom stereocenters. The van der Waals surface area contributed by atoms with E-state index < -0.39 is 0 Å². The number of benzene rings is 2. The number of rotatable bonds is 8. The summed E-state index contributed by atoms with van der Waals surface area (Å²) in [4.78, 5) is 10.7. The topological polar surface area (TPSA) is 96.2 Å². The number of methoxy groups -OCH3 is 1. The normalized spacial score (nSPS) is 11.9. The minimum absolute atomic E-state index is 0.0686. The Morgan fingerprint density at radius 3 is 2.74 bits per heavy atom. The van der Waals surface area contributed by atoms with Crippen molar-refractivity contribution in [3.05, 3.63) is 88.4 Å². The fourth-order valence-electron chi connectivity index (χ4n) is 3.17. The van der Waals surface area contributed by atoms with Crippen molar-refractivity contribution in [2.45, 2.75) is 23.9 Å². The van der Waals surface area contributed by atoms with Crippen molar-refractivity contribution in [1.82, 2.24) is 14.8 Å². The summed E-state index contributed by atoms with van der Waals surface area (Å²) in [5.41, 5.74) is 1.78. The SMILES string of the molecule is COc1cccc(-c2nnc(SC(C)c3cccc([N+](=O)[O-])c3)n2Cc2ccco2)c1. The number of aromatic nitrogens is 3. The van der Waals surface area contributed by atoms with Gasteiger partial charge in [0, 0.05) is 22.9 Å². The maximum Gasteiger partial charge on any atom is 0.269 e. The smallest absolute Gasteiger partial charge is 0.269 e. The summed E-state index contributed by atoms with van der Waals surface area (Å²) >= 11 is 1.48. The molecule has 158 valence electrons. The van der Waals surface area contributed by atoms with E-state index in [-0.39, 0.29) is 15.9 Å². The highest BCUT2D eigenvalue weighted by atomic mass is 32.2. The number of non-ortho nitro benzene ring substituents is 1. The lowest BCUT2D eigenvalue weighted by atomic mass is 10.1. The predicted molar refractivity (Wildman–Crippen MR) is 117 cm³/mol. The third-order valence-electron chi connectivity index (χ3n) is 4.77. The molecular formula is C22H20N4O4S. The zero-order chi connectivity index (χ0) is 21.8. The summed E-state index contributed by atoms with van der Waals surface area (Å²) in [6.07, 6.45) is 1.63. The molecule has 9 heteroatoms. The highest BCUT2D eigenvalue weighted by molar-refractivity contribution is 7.99. The highest BCUT2D eigenvalue weighted by Crippen LogP contribution is 2.37. The first-order valence-electron chi connectivity index (χ1n) is 9.56. The molecule has 2 aromatic carbocycles. The van der Waals surface area contributed by atoms with Crippen molar-refractivity contribution in [2.75, 3.05) is 7.11 Å². The van der Waals surface area contributed by atoms with Crippen molar-refractivity contribution in [1.29, 1.82) is 0 Å². The van der Waals surface area contributed by atoms with E-state index in [4.69, 9.17) is 9.15 Å². The van der Waals surface area contributed by atoms with Gasteiger partial charge in [0.25, 0.3) is 5.69 Å². The van der Waals surface area contributed by atoms with Crippen LogP contribution in [0.4, 0.5) is 5.69 Å². The zero-order valence-electron chi connectivity index (χ0n) is 17.0. The second kappa shape index (κ2) is 9.05. The van der Waals surface area contributed by atoms with Crippen LogP contribution in [0.1, 0.15) is 23.5 Å². The van der Waals surface area contributed by atoms with Crippen LogP contribution in [0.15, 0.2) is 76.5 Å². The average Bonchev–Trinajstić information content (AvgIpc) is 3.44. The maximum atomic E-state index is 11.1. The Balaban J connectivity index is 1.69. The molecular weight excluding hydrogens is 416 g/mol. The lowest BCUT2D eigenvalue weighted by Gasteiger charge is -2.13. The standard InChI is InChI=1S/C22H20N4O4S/c1-15(16-6-3-8-18(12-16)26(27)28)31-22-24-23-21(17-7-4-9-19(13-17)29-2)25(22)14-20-10-5-11-30-20/h3-13,15H,14H2,1-2H3. The van der Waals surface area contributed by atoms with E-state index in [2.05, 4.69) is 10.2 Å². The molecule has 0 saturated carbocycles. The summed E-state index contributed by atoms with van der Waals surface area (Å²) in [6, 6.07) is 18.0. The second-order valence-corrected chi connectivity index (χ2v) is 8.12. The van der Waals surface area contributed by atoms with Crippen molar-refractivity contribution < 1.29 is 14.1 Å². The summed E-state index contributed by atoms with van der Waals surface area (Å²) in [6.45, 7) is 2.44. The monoisotopic (exact) mass is 436 g/mol. The van der Waals surface area contributed by atoms with E-state index in [0.29, 0.717) is 17.5 Å². The molecule has 4 aromatic rings. The number of nitro benzene ring substituents is 1. The van der Waals surface area contributed by atoms with Gasteiger partial charge in [-0.05, 0) is 36.8 Å². The fourth-order valence-corrected chi connectivity index (χ4v) is 4.14. The Hall–Kier alpha value is -3.59. The second-order valence-electron chi connectivity index (χ2n) is 6.82. The molecule has 0 radical (unpaired) electrons. The minimum atomic E-state index is -0.388. The summed E-state index contributed by atoms with van der Waals surface area (Å²) < 4.78 is 12.9. The lowest BCUT2D eigenvalue weighted by molar-refractivity contribution is -0.384.